The highest BCUT2D eigenvalue weighted by molar-refractivity contribution is 5.77. The van der Waals surface area contributed by atoms with Crippen molar-refractivity contribution in [1.82, 2.24) is 14.7 Å². The summed E-state index contributed by atoms with van der Waals surface area (Å²) < 4.78 is 1.84. The molecule has 3 atom stereocenters. The summed E-state index contributed by atoms with van der Waals surface area (Å²) in [5.74, 6) is 0.203. The molecule has 3 heterocycles. The molecule has 0 unspecified atom stereocenters. The van der Waals surface area contributed by atoms with Crippen LogP contribution in [0.15, 0.2) is 42.6 Å². The van der Waals surface area contributed by atoms with Gasteiger partial charge in [0.05, 0.1) is 12.3 Å². The summed E-state index contributed by atoms with van der Waals surface area (Å²) >= 11 is 0. The van der Waals surface area contributed by atoms with Crippen molar-refractivity contribution in [1.29, 1.82) is 0 Å². The second kappa shape index (κ2) is 6.88. The predicted octanol–water partition coefficient (Wildman–Crippen LogP) is 2.57. The SMILES string of the molecule is Cc1ccn(CCC(=O)N2[C@H]3CC[C@@H]2[C@@](CO)(Cc2ccccc2)C3)n1. The minimum atomic E-state index is -0.192. The quantitative estimate of drug-likeness (QED) is 0.868. The molecule has 0 saturated carbocycles. The molecule has 2 aliphatic heterocycles. The summed E-state index contributed by atoms with van der Waals surface area (Å²) in [4.78, 5) is 15.0. The summed E-state index contributed by atoms with van der Waals surface area (Å²) in [5.41, 5.74) is 2.02. The zero-order chi connectivity index (χ0) is 18.1. The van der Waals surface area contributed by atoms with Gasteiger partial charge in [-0.1, -0.05) is 30.3 Å². The molecular formula is C21H27N3O2. The number of rotatable bonds is 6. The van der Waals surface area contributed by atoms with Crippen molar-refractivity contribution in [3.63, 3.8) is 0 Å². The van der Waals surface area contributed by atoms with Gasteiger partial charge in [0.25, 0.3) is 0 Å². The number of aliphatic hydroxyl groups is 1. The van der Waals surface area contributed by atoms with Gasteiger partial charge in [0.15, 0.2) is 0 Å². The third-order valence-electron chi connectivity index (χ3n) is 6.18. The number of hydrogen-bond acceptors (Lipinski definition) is 3. The molecule has 2 aromatic rings. The monoisotopic (exact) mass is 353 g/mol. The first kappa shape index (κ1) is 17.3. The molecule has 26 heavy (non-hydrogen) atoms. The molecule has 1 N–H and O–H groups in total. The van der Waals surface area contributed by atoms with Crippen LogP contribution in [0.4, 0.5) is 0 Å². The van der Waals surface area contributed by atoms with Crippen molar-refractivity contribution in [3.8, 4) is 0 Å². The van der Waals surface area contributed by atoms with Crippen molar-refractivity contribution in [2.24, 2.45) is 5.41 Å². The number of aliphatic hydroxyl groups excluding tert-OH is 1. The number of hydrogen-bond donors (Lipinski definition) is 1. The molecule has 1 aromatic carbocycles. The Bertz CT molecular complexity index is 773. The Labute approximate surface area is 154 Å². The maximum atomic E-state index is 12.9. The Morgan fingerprint density at radius 1 is 1.27 bits per heavy atom. The van der Waals surface area contributed by atoms with Gasteiger partial charge in [-0.25, -0.2) is 0 Å². The molecule has 2 fully saturated rings. The van der Waals surface area contributed by atoms with E-state index >= 15 is 0 Å². The number of benzene rings is 1. The van der Waals surface area contributed by atoms with E-state index < -0.39 is 0 Å². The minimum Gasteiger partial charge on any atom is -0.396 e. The third kappa shape index (κ3) is 3.05. The topological polar surface area (TPSA) is 58.4 Å². The lowest BCUT2D eigenvalue weighted by molar-refractivity contribution is -0.133. The second-order valence-electron chi connectivity index (χ2n) is 7.91. The molecule has 1 amide bonds. The lowest BCUT2D eigenvalue weighted by atomic mass is 9.70. The average molecular weight is 353 g/mol. The van der Waals surface area contributed by atoms with Crippen LogP contribution in [0.25, 0.3) is 0 Å². The van der Waals surface area contributed by atoms with Crippen molar-refractivity contribution < 1.29 is 9.90 Å². The molecular weight excluding hydrogens is 326 g/mol. The molecule has 5 nitrogen and oxygen atoms in total. The Balaban J connectivity index is 1.47. The Morgan fingerprint density at radius 3 is 2.77 bits per heavy atom. The number of aryl methyl sites for hydroxylation is 2. The minimum absolute atomic E-state index is 0.144. The lowest BCUT2D eigenvalue weighted by Gasteiger charge is -2.36. The van der Waals surface area contributed by atoms with Gasteiger partial charge in [-0.15, -0.1) is 0 Å². The van der Waals surface area contributed by atoms with Crippen molar-refractivity contribution in [2.75, 3.05) is 6.61 Å². The summed E-state index contributed by atoms with van der Waals surface area (Å²) in [5, 5.41) is 14.6. The maximum absolute atomic E-state index is 12.9. The first-order valence-electron chi connectivity index (χ1n) is 9.57. The van der Waals surface area contributed by atoms with Gasteiger partial charge in [-0.3, -0.25) is 9.48 Å². The highest BCUT2D eigenvalue weighted by atomic mass is 16.3. The van der Waals surface area contributed by atoms with Crippen LogP contribution in [-0.4, -0.2) is 44.4 Å². The zero-order valence-corrected chi connectivity index (χ0v) is 15.3. The Kier molecular flexibility index (Phi) is 4.57. The van der Waals surface area contributed by atoms with Crippen LogP contribution >= 0.6 is 0 Å². The van der Waals surface area contributed by atoms with Gasteiger partial charge in [0.2, 0.25) is 5.91 Å². The van der Waals surface area contributed by atoms with Crippen LogP contribution in [0.5, 0.6) is 0 Å². The molecule has 138 valence electrons. The molecule has 2 saturated heterocycles. The fraction of sp³-hybridized carbons (Fsp3) is 0.524. The van der Waals surface area contributed by atoms with E-state index in [9.17, 15) is 9.90 Å². The largest absolute Gasteiger partial charge is 0.396 e. The van der Waals surface area contributed by atoms with Gasteiger partial charge in [-0.05, 0) is 44.2 Å². The van der Waals surface area contributed by atoms with Crippen molar-refractivity contribution >= 4 is 5.91 Å². The zero-order valence-electron chi connectivity index (χ0n) is 15.3. The average Bonchev–Trinajstić information content (AvgIpc) is 3.34. The fourth-order valence-electron chi connectivity index (χ4n) is 5.01. The number of fused-ring (bicyclic) bond motifs is 2. The number of amides is 1. The van der Waals surface area contributed by atoms with Crippen LogP contribution in [0.3, 0.4) is 0 Å². The van der Waals surface area contributed by atoms with Gasteiger partial charge >= 0.3 is 0 Å². The molecule has 5 heteroatoms. The molecule has 1 aromatic heterocycles. The number of aromatic nitrogens is 2. The van der Waals surface area contributed by atoms with Crippen LogP contribution in [0.1, 0.15) is 36.9 Å². The van der Waals surface area contributed by atoms with Crippen LogP contribution in [0.2, 0.25) is 0 Å². The Morgan fingerprint density at radius 2 is 2.08 bits per heavy atom. The molecule has 0 radical (unpaired) electrons. The van der Waals surface area contributed by atoms with E-state index in [4.69, 9.17) is 0 Å². The number of nitrogens with zero attached hydrogens (tertiary/aromatic N) is 3. The van der Waals surface area contributed by atoms with E-state index in [-0.39, 0.29) is 30.0 Å². The van der Waals surface area contributed by atoms with Crippen LogP contribution in [0, 0.1) is 12.3 Å². The van der Waals surface area contributed by atoms with E-state index in [1.807, 2.05) is 42.1 Å². The summed E-state index contributed by atoms with van der Waals surface area (Å²) in [6.07, 6.45) is 6.22. The number of carbonyl (C=O) groups is 1. The highest BCUT2D eigenvalue weighted by Gasteiger charge is 2.56. The van der Waals surface area contributed by atoms with E-state index in [2.05, 4.69) is 22.1 Å². The van der Waals surface area contributed by atoms with Crippen LogP contribution < -0.4 is 0 Å². The van der Waals surface area contributed by atoms with Gasteiger partial charge in [0, 0.05) is 36.7 Å². The van der Waals surface area contributed by atoms with E-state index in [1.54, 1.807) is 0 Å². The lowest BCUT2D eigenvalue weighted by Crippen LogP contribution is -2.44. The molecule has 0 aliphatic carbocycles. The predicted molar refractivity (Wildman–Crippen MR) is 99.5 cm³/mol. The van der Waals surface area contributed by atoms with Gasteiger partial charge in [0.1, 0.15) is 0 Å². The molecule has 0 spiro atoms. The summed E-state index contributed by atoms with van der Waals surface area (Å²) in [6.45, 7) is 2.72. The molecule has 4 rings (SSSR count). The van der Waals surface area contributed by atoms with Gasteiger partial charge < -0.3 is 10.0 Å². The van der Waals surface area contributed by atoms with E-state index in [0.717, 1.165) is 31.4 Å². The number of carbonyl (C=O) groups excluding carboxylic acids is 1. The molecule has 2 aliphatic rings. The highest BCUT2D eigenvalue weighted by Crippen LogP contribution is 2.51. The Hall–Kier alpha value is -2.14. The van der Waals surface area contributed by atoms with Gasteiger partial charge in [-0.2, -0.15) is 5.10 Å². The maximum Gasteiger partial charge on any atom is 0.224 e. The normalized spacial score (nSPS) is 27.2. The standard InChI is InChI=1S/C21H27N3O2/c1-16-9-11-23(22-16)12-10-20(26)24-18-7-8-19(24)21(14-18,15-25)13-17-5-3-2-4-6-17/h2-6,9,11,18-19,25H,7-8,10,12-15H2,1H3/t18-,19+,21-/m0/s1. The molecule has 2 bridgehead atoms. The second-order valence-corrected chi connectivity index (χ2v) is 7.91. The first-order chi connectivity index (χ1) is 12.6. The van der Waals surface area contributed by atoms with E-state index in [0.29, 0.717) is 13.0 Å². The van der Waals surface area contributed by atoms with Crippen molar-refractivity contribution in [2.45, 2.75) is 57.7 Å². The van der Waals surface area contributed by atoms with Crippen molar-refractivity contribution in [3.05, 3.63) is 53.9 Å². The first-order valence-corrected chi connectivity index (χ1v) is 9.57. The summed E-state index contributed by atoms with van der Waals surface area (Å²) in [6, 6.07) is 12.7. The van der Waals surface area contributed by atoms with Crippen LogP contribution in [-0.2, 0) is 17.8 Å². The van der Waals surface area contributed by atoms with E-state index in [1.165, 1.54) is 5.56 Å². The fourth-order valence-corrected chi connectivity index (χ4v) is 5.01. The third-order valence-corrected chi connectivity index (χ3v) is 6.18. The summed E-state index contributed by atoms with van der Waals surface area (Å²) in [7, 11) is 0. The smallest absolute Gasteiger partial charge is 0.224 e.